The van der Waals surface area contributed by atoms with Crippen LogP contribution in [0.1, 0.15) is 27.5 Å². The quantitative estimate of drug-likeness (QED) is 0.641. The average molecular weight is 178 g/mol. The Kier molecular flexibility index (Phi) is 3.33. The average Bonchev–Trinajstić information content (AvgIpc) is 2.04. The maximum atomic E-state index is 12.3. The van der Waals surface area contributed by atoms with E-state index in [1.807, 2.05) is 6.92 Å². The van der Waals surface area contributed by atoms with Crippen molar-refractivity contribution in [2.75, 3.05) is 19.6 Å². The molecule has 1 saturated heterocycles. The first-order valence-corrected chi connectivity index (χ1v) is 4.52. The van der Waals surface area contributed by atoms with E-state index >= 15 is 0 Å². The summed E-state index contributed by atoms with van der Waals surface area (Å²) < 4.78 is 31.9. The van der Waals surface area contributed by atoms with E-state index in [4.69, 9.17) is 1.37 Å². The number of piperidine rings is 1. The van der Waals surface area contributed by atoms with Crippen molar-refractivity contribution in [1.29, 1.82) is 0 Å². The van der Waals surface area contributed by atoms with Gasteiger partial charge in [-0.1, -0.05) is 6.92 Å². The van der Waals surface area contributed by atoms with Crippen LogP contribution in [-0.2, 0) is 0 Å². The largest absolute Gasteiger partial charge is 0.303 e. The van der Waals surface area contributed by atoms with E-state index in [0.717, 1.165) is 19.6 Å². The third-order valence-corrected chi connectivity index (χ3v) is 2.43. The summed E-state index contributed by atoms with van der Waals surface area (Å²) >= 11 is 0. The Morgan fingerprint density at radius 1 is 1.50 bits per heavy atom. The summed E-state index contributed by atoms with van der Waals surface area (Å²) in [7, 11) is 0. The van der Waals surface area contributed by atoms with Gasteiger partial charge in [-0.25, -0.2) is 8.78 Å². The number of likely N-dealkylation sites (tertiary alicyclic amines) is 1. The van der Waals surface area contributed by atoms with Crippen LogP contribution < -0.4 is 0 Å². The molecule has 0 saturated carbocycles. The highest BCUT2D eigenvalue weighted by molar-refractivity contribution is 4.73. The van der Waals surface area contributed by atoms with Gasteiger partial charge in [-0.05, 0) is 38.9 Å². The van der Waals surface area contributed by atoms with Crippen molar-refractivity contribution in [3.05, 3.63) is 0 Å². The van der Waals surface area contributed by atoms with Crippen LogP contribution >= 0.6 is 0 Å². The predicted octanol–water partition coefficient (Wildman–Crippen LogP) is 2.37. The van der Waals surface area contributed by atoms with Gasteiger partial charge >= 0.3 is 0 Å². The molecule has 1 heterocycles. The zero-order valence-corrected chi connectivity index (χ0v) is 7.47. The minimum atomic E-state index is -2.16. The van der Waals surface area contributed by atoms with Gasteiger partial charge in [0.25, 0.3) is 0 Å². The molecule has 0 radical (unpaired) electrons. The number of nitrogens with zero attached hydrogens (tertiary/aromatic N) is 1. The molecule has 1 fully saturated rings. The van der Waals surface area contributed by atoms with Gasteiger partial charge in [-0.3, -0.25) is 0 Å². The lowest BCUT2D eigenvalue weighted by Crippen LogP contribution is -2.36. The molecule has 1 nitrogen and oxygen atoms in total. The summed E-state index contributed by atoms with van der Waals surface area (Å²) in [5.41, 5.74) is 0. The van der Waals surface area contributed by atoms with Crippen molar-refractivity contribution in [3.8, 4) is 0 Å². The Balaban J connectivity index is 2.22. The van der Waals surface area contributed by atoms with E-state index in [1.165, 1.54) is 0 Å². The van der Waals surface area contributed by atoms with E-state index in [2.05, 4.69) is 4.90 Å². The number of rotatable bonds is 3. The Labute approximate surface area is 74.1 Å². The third-order valence-electron chi connectivity index (χ3n) is 2.43. The highest BCUT2D eigenvalue weighted by atomic mass is 19.3. The molecular weight excluding hydrogens is 160 g/mol. The first-order valence-electron chi connectivity index (χ1n) is 5.10. The maximum absolute atomic E-state index is 12.3. The molecule has 0 spiro atoms. The lowest BCUT2D eigenvalue weighted by Gasteiger charge is -2.31. The summed E-state index contributed by atoms with van der Waals surface area (Å²) in [6.45, 7) is 4.02. The van der Waals surface area contributed by atoms with Gasteiger partial charge in [-0.2, -0.15) is 0 Å². The molecule has 72 valence electrons. The molecule has 0 N–H and O–H groups in total. The Bertz CT molecular complexity index is 145. The zero-order valence-electron chi connectivity index (χ0n) is 8.47. The van der Waals surface area contributed by atoms with Crippen molar-refractivity contribution in [3.63, 3.8) is 0 Å². The smallest absolute Gasteiger partial charge is 0.241 e. The van der Waals surface area contributed by atoms with E-state index < -0.39 is 12.3 Å². The van der Waals surface area contributed by atoms with Crippen molar-refractivity contribution < 1.29 is 10.2 Å². The standard InChI is InChI=1S/C9H17F2N/c1-2-5-12-6-3-8(4-7-12)9(10)11/h8-9H,2-7H2,1H3/i2D/t2-/m1/s1. The number of alkyl halides is 2. The summed E-state index contributed by atoms with van der Waals surface area (Å²) in [5, 5.41) is 0. The molecule has 0 aliphatic carbocycles. The normalized spacial score (nSPS) is 25.8. The number of halogens is 2. The highest BCUT2D eigenvalue weighted by Gasteiger charge is 2.25. The molecule has 0 amide bonds. The van der Waals surface area contributed by atoms with Crippen molar-refractivity contribution in [2.24, 2.45) is 5.92 Å². The number of hydrogen-bond acceptors (Lipinski definition) is 1. The molecule has 0 bridgehead atoms. The van der Waals surface area contributed by atoms with Gasteiger partial charge < -0.3 is 4.90 Å². The molecule has 0 aromatic rings. The second-order valence-electron chi connectivity index (χ2n) is 3.38. The van der Waals surface area contributed by atoms with Gasteiger partial charge in [0.1, 0.15) is 0 Å². The fourth-order valence-electron chi connectivity index (χ4n) is 1.65. The monoisotopic (exact) mass is 178 g/mol. The van der Waals surface area contributed by atoms with Crippen molar-refractivity contribution in [2.45, 2.75) is 32.6 Å². The lowest BCUT2D eigenvalue weighted by molar-refractivity contribution is 0.0353. The van der Waals surface area contributed by atoms with E-state index in [1.54, 1.807) is 0 Å². The molecule has 1 aliphatic rings. The lowest BCUT2D eigenvalue weighted by atomic mass is 9.97. The summed E-state index contributed by atoms with van der Waals surface area (Å²) in [4.78, 5) is 2.11. The Hall–Kier alpha value is -0.180. The molecule has 0 aromatic heterocycles. The summed E-state index contributed by atoms with van der Waals surface area (Å²) in [6.07, 6.45) is -1.09. The Morgan fingerprint density at radius 3 is 2.50 bits per heavy atom. The van der Waals surface area contributed by atoms with Crippen molar-refractivity contribution in [1.82, 2.24) is 4.90 Å². The predicted molar refractivity (Wildman–Crippen MR) is 45.5 cm³/mol. The minimum absolute atomic E-state index is 0.108. The van der Waals surface area contributed by atoms with Crippen LogP contribution in [-0.4, -0.2) is 31.0 Å². The molecule has 1 aliphatic heterocycles. The van der Waals surface area contributed by atoms with Crippen LogP contribution in [0.5, 0.6) is 0 Å². The van der Waals surface area contributed by atoms with Crippen LogP contribution in [0.4, 0.5) is 8.78 Å². The van der Waals surface area contributed by atoms with Gasteiger partial charge in [0.2, 0.25) is 6.43 Å². The van der Waals surface area contributed by atoms with Crippen molar-refractivity contribution >= 4 is 0 Å². The first-order chi connectivity index (χ1) is 6.09. The molecule has 1 rings (SSSR count). The molecule has 0 aromatic carbocycles. The highest BCUT2D eigenvalue weighted by Crippen LogP contribution is 2.23. The number of hydrogen-bond donors (Lipinski definition) is 0. The topological polar surface area (TPSA) is 3.24 Å². The minimum Gasteiger partial charge on any atom is -0.303 e. The molecule has 12 heavy (non-hydrogen) atoms. The van der Waals surface area contributed by atoms with Gasteiger partial charge in [0, 0.05) is 7.29 Å². The van der Waals surface area contributed by atoms with E-state index in [-0.39, 0.29) is 6.40 Å². The van der Waals surface area contributed by atoms with Gasteiger partial charge in [-0.15, -0.1) is 0 Å². The van der Waals surface area contributed by atoms with Crippen LogP contribution in [0.25, 0.3) is 0 Å². The fraction of sp³-hybridized carbons (Fsp3) is 1.00. The maximum Gasteiger partial charge on any atom is 0.241 e. The fourth-order valence-corrected chi connectivity index (χ4v) is 1.65. The molecule has 3 heteroatoms. The summed E-state index contributed by atoms with van der Waals surface area (Å²) in [5.74, 6) is -0.405. The van der Waals surface area contributed by atoms with Crippen LogP contribution in [0.3, 0.4) is 0 Å². The van der Waals surface area contributed by atoms with Gasteiger partial charge in [0.15, 0.2) is 0 Å². The molecule has 1 atom stereocenters. The second kappa shape index (κ2) is 4.75. The summed E-state index contributed by atoms with van der Waals surface area (Å²) in [6, 6.07) is 0. The second-order valence-corrected chi connectivity index (χ2v) is 3.38. The van der Waals surface area contributed by atoms with E-state index in [9.17, 15) is 8.78 Å². The first kappa shape index (κ1) is 8.42. The van der Waals surface area contributed by atoms with Crippen LogP contribution in [0, 0.1) is 5.92 Å². The molecular formula is C9H17F2N. The van der Waals surface area contributed by atoms with Crippen LogP contribution in [0.2, 0.25) is 0 Å². The zero-order chi connectivity index (χ0) is 9.84. The third kappa shape index (κ3) is 2.70. The van der Waals surface area contributed by atoms with Crippen LogP contribution in [0.15, 0.2) is 0 Å². The van der Waals surface area contributed by atoms with Gasteiger partial charge in [0.05, 0.1) is 0 Å². The Morgan fingerprint density at radius 2 is 2.08 bits per heavy atom. The van der Waals surface area contributed by atoms with E-state index in [0.29, 0.717) is 12.8 Å². The SMILES string of the molecule is [2H][C@H](C)CN1CCC(C(F)F)CC1. The molecule has 0 unspecified atom stereocenters.